The van der Waals surface area contributed by atoms with Crippen molar-refractivity contribution in [3.63, 3.8) is 0 Å². The number of rotatable bonds is 2. The lowest BCUT2D eigenvalue weighted by atomic mass is 10.5. The van der Waals surface area contributed by atoms with E-state index in [1.807, 2.05) is 0 Å². The zero-order valence-corrected chi connectivity index (χ0v) is 5.00. The molecule has 1 heterocycles. The predicted molar refractivity (Wildman–Crippen MR) is 30.9 cm³/mol. The molecular formula is C6H5F2NO. The van der Waals surface area contributed by atoms with E-state index in [2.05, 4.69) is 9.72 Å². The fourth-order valence-electron chi connectivity index (χ4n) is 0.508. The Morgan fingerprint density at radius 2 is 2.20 bits per heavy atom. The Bertz CT molecular complexity index is 190. The Morgan fingerprint density at radius 3 is 2.70 bits per heavy atom. The Labute approximate surface area is 56.5 Å². The van der Waals surface area contributed by atoms with Crippen LogP contribution in [0.1, 0.15) is 0 Å². The third kappa shape index (κ3) is 1.97. The van der Waals surface area contributed by atoms with E-state index in [0.717, 1.165) is 0 Å². The molecule has 0 aromatic carbocycles. The maximum Gasteiger partial charge on any atom is 0.388 e. The number of aromatic nitrogens is 1. The Morgan fingerprint density at radius 1 is 1.40 bits per heavy atom. The minimum Gasteiger partial charge on any atom is -0.417 e. The van der Waals surface area contributed by atoms with Gasteiger partial charge in [-0.15, -0.1) is 0 Å². The molecule has 1 unspecified atom stereocenters. The van der Waals surface area contributed by atoms with Gasteiger partial charge in [0, 0.05) is 12.3 Å². The van der Waals surface area contributed by atoms with Crippen LogP contribution in [-0.2, 0) is 0 Å². The summed E-state index contributed by atoms with van der Waals surface area (Å²) in [6.45, 7) is -2.80. The van der Waals surface area contributed by atoms with E-state index in [-0.39, 0.29) is 5.88 Å². The molecule has 0 spiro atoms. The molecule has 0 bridgehead atoms. The highest BCUT2D eigenvalue weighted by molar-refractivity contribution is 5.08. The van der Waals surface area contributed by atoms with Crippen LogP contribution in [0.2, 0.25) is 0 Å². The number of halogens is 2. The molecule has 0 N–H and O–H groups in total. The second-order valence-corrected chi connectivity index (χ2v) is 1.55. The van der Waals surface area contributed by atoms with Crippen LogP contribution in [0.25, 0.3) is 0 Å². The molecule has 0 radical (unpaired) electrons. The molecular weight excluding hydrogens is 139 g/mol. The average molecular weight is 144 g/mol. The van der Waals surface area contributed by atoms with E-state index in [9.17, 15) is 8.78 Å². The molecule has 0 aliphatic heterocycles. The van der Waals surface area contributed by atoms with Crippen molar-refractivity contribution in [2.45, 2.75) is 6.61 Å². The minimum absolute atomic E-state index is 0.0579. The number of hydrogen-bond donors (Lipinski definition) is 0. The molecule has 0 aliphatic rings. The number of pyridine rings is 1. The number of ether oxygens (including phenoxy) is 1. The molecule has 0 fully saturated rings. The lowest BCUT2D eigenvalue weighted by Gasteiger charge is -2.00. The smallest absolute Gasteiger partial charge is 0.388 e. The van der Waals surface area contributed by atoms with Crippen molar-refractivity contribution in [2.75, 3.05) is 0 Å². The summed E-state index contributed by atoms with van der Waals surface area (Å²) in [6.07, 6.45) is 1.39. The molecule has 2 nitrogen and oxygen atoms in total. The van der Waals surface area contributed by atoms with Gasteiger partial charge in [0.15, 0.2) is 0 Å². The van der Waals surface area contributed by atoms with Crippen molar-refractivity contribution in [3.05, 3.63) is 24.4 Å². The molecule has 0 aliphatic carbocycles. The summed E-state index contributed by atoms with van der Waals surface area (Å²) in [5.74, 6) is -0.0579. The van der Waals surface area contributed by atoms with Crippen LogP contribution in [-0.4, -0.2) is 11.6 Å². The van der Waals surface area contributed by atoms with Gasteiger partial charge in [0.05, 0.1) is 0 Å². The quantitative estimate of drug-likeness (QED) is 0.630. The minimum atomic E-state index is -2.80. The lowest BCUT2D eigenvalue weighted by molar-refractivity contribution is -0.0528. The monoisotopic (exact) mass is 144 g/mol. The molecule has 4 heteroatoms. The van der Waals surface area contributed by atoms with Crippen LogP contribution in [0.3, 0.4) is 0 Å². The van der Waals surface area contributed by atoms with Crippen molar-refractivity contribution in [3.8, 4) is 5.88 Å². The van der Waals surface area contributed by atoms with Crippen molar-refractivity contribution >= 4 is 0 Å². The molecule has 1 aromatic rings. The van der Waals surface area contributed by atoms with Crippen molar-refractivity contribution in [2.24, 2.45) is 0 Å². The van der Waals surface area contributed by atoms with Crippen LogP contribution in [0.4, 0.5) is 8.78 Å². The van der Waals surface area contributed by atoms with Gasteiger partial charge in [-0.05, 0) is 6.07 Å². The normalized spacial score (nSPS) is 12.6. The molecule has 1 rings (SSSR count). The van der Waals surface area contributed by atoms with Crippen LogP contribution < -0.4 is 4.74 Å². The Balaban J connectivity index is 2.59. The van der Waals surface area contributed by atoms with Gasteiger partial charge in [-0.25, -0.2) is 4.98 Å². The zero-order chi connectivity index (χ0) is 7.40. The maximum absolute atomic E-state index is 11.5. The standard InChI is InChI=1S/C6H5F2NO/c7-6(8)10-5-3-1-2-4-9-5/h1-4,6H/i7-1. The van der Waals surface area contributed by atoms with Crippen molar-refractivity contribution in [1.82, 2.24) is 4.98 Å². The summed E-state index contributed by atoms with van der Waals surface area (Å²) in [7, 11) is 0. The van der Waals surface area contributed by atoms with E-state index in [4.69, 9.17) is 0 Å². The molecule has 0 saturated carbocycles. The van der Waals surface area contributed by atoms with Crippen LogP contribution in [0.5, 0.6) is 5.88 Å². The van der Waals surface area contributed by atoms with Crippen molar-refractivity contribution in [1.29, 1.82) is 0 Å². The number of hydrogen-bond acceptors (Lipinski definition) is 2. The van der Waals surface area contributed by atoms with Gasteiger partial charge < -0.3 is 4.74 Å². The second kappa shape index (κ2) is 3.10. The number of nitrogens with zero attached hydrogens (tertiary/aromatic N) is 1. The predicted octanol–water partition coefficient (Wildman–Crippen LogP) is 1.68. The summed E-state index contributed by atoms with van der Waals surface area (Å²) in [5.41, 5.74) is 0. The summed E-state index contributed by atoms with van der Waals surface area (Å²) in [5, 5.41) is 0. The van der Waals surface area contributed by atoms with Crippen LogP contribution in [0.15, 0.2) is 24.4 Å². The van der Waals surface area contributed by atoms with Crippen molar-refractivity contribution < 1.29 is 13.5 Å². The molecule has 1 atom stereocenters. The molecule has 10 heavy (non-hydrogen) atoms. The first-order valence-corrected chi connectivity index (χ1v) is 2.65. The molecule has 54 valence electrons. The van der Waals surface area contributed by atoms with Gasteiger partial charge in [0.1, 0.15) is 0 Å². The van der Waals surface area contributed by atoms with E-state index in [1.54, 1.807) is 12.1 Å². The van der Waals surface area contributed by atoms with E-state index in [1.165, 1.54) is 12.3 Å². The second-order valence-electron chi connectivity index (χ2n) is 1.55. The fraction of sp³-hybridized carbons (Fsp3) is 0.167. The van der Waals surface area contributed by atoms with Gasteiger partial charge in [-0.3, -0.25) is 0 Å². The lowest BCUT2D eigenvalue weighted by Crippen LogP contribution is -2.02. The highest BCUT2D eigenvalue weighted by atomic mass is 19.2. The van der Waals surface area contributed by atoms with Gasteiger partial charge in [-0.2, -0.15) is 8.78 Å². The summed E-state index contributed by atoms with van der Waals surface area (Å²) >= 11 is 0. The average Bonchev–Trinajstić information content (AvgIpc) is 1.88. The highest BCUT2D eigenvalue weighted by Crippen LogP contribution is 2.06. The Hall–Kier alpha value is -1.19. The first-order chi connectivity index (χ1) is 4.79. The first-order valence-electron chi connectivity index (χ1n) is 2.65. The topological polar surface area (TPSA) is 22.1 Å². The first kappa shape index (κ1) is 6.92. The Kier molecular flexibility index (Phi) is 2.15. The zero-order valence-electron chi connectivity index (χ0n) is 5.00. The molecule has 0 amide bonds. The SMILES string of the molecule is FC([18F])Oc1ccccn1. The molecule has 1 aromatic heterocycles. The van der Waals surface area contributed by atoms with Gasteiger partial charge in [0.2, 0.25) is 5.88 Å². The fourth-order valence-corrected chi connectivity index (χ4v) is 0.508. The maximum atomic E-state index is 11.5. The van der Waals surface area contributed by atoms with Crippen LogP contribution >= 0.6 is 0 Å². The van der Waals surface area contributed by atoms with E-state index in [0.29, 0.717) is 0 Å². The summed E-state index contributed by atoms with van der Waals surface area (Å²) in [4.78, 5) is 3.52. The van der Waals surface area contributed by atoms with E-state index < -0.39 is 6.61 Å². The molecule has 0 saturated heterocycles. The highest BCUT2D eigenvalue weighted by Gasteiger charge is 2.02. The third-order valence-corrected chi connectivity index (χ3v) is 0.848. The summed E-state index contributed by atoms with van der Waals surface area (Å²) < 4.78 is 26.9. The third-order valence-electron chi connectivity index (χ3n) is 0.848. The largest absolute Gasteiger partial charge is 0.417 e. The summed E-state index contributed by atoms with van der Waals surface area (Å²) in [6, 6.07) is 4.56. The number of alkyl halides is 2. The van der Waals surface area contributed by atoms with E-state index >= 15 is 0 Å². The van der Waals surface area contributed by atoms with Gasteiger partial charge >= 0.3 is 6.61 Å². The van der Waals surface area contributed by atoms with Gasteiger partial charge in [-0.1, -0.05) is 6.07 Å². The van der Waals surface area contributed by atoms with Gasteiger partial charge in [0.25, 0.3) is 0 Å². The van der Waals surface area contributed by atoms with Crippen LogP contribution in [0, 0.1) is 0 Å².